The standard InChI is InChI=1S/C19H15BrN2O.ClH/c20-18-4-2-1-3-17(18)19(23)22-16-7-5-14(6-8-16)13-15-9-11-21-12-10-15;/h1-12H,13H2,(H,22,23);1H/p-1. The zero-order chi connectivity index (χ0) is 16.1. The molecule has 5 heteroatoms. The SMILES string of the molecule is O=C(Nc1ccc(Cc2ccncc2)cc1)c1ccccc1Br.[Cl-]. The fraction of sp³-hybridized carbons (Fsp3) is 0.0526. The van der Waals surface area contributed by atoms with Crippen molar-refractivity contribution in [3.05, 3.63) is 94.2 Å². The Hall–Kier alpha value is -2.17. The number of rotatable bonds is 4. The average Bonchev–Trinajstić information content (AvgIpc) is 2.58. The Morgan fingerprint density at radius 2 is 1.54 bits per heavy atom. The van der Waals surface area contributed by atoms with Crippen LogP contribution in [0.1, 0.15) is 21.5 Å². The Bertz CT molecular complexity index is 807. The monoisotopic (exact) mass is 401 g/mol. The summed E-state index contributed by atoms with van der Waals surface area (Å²) < 4.78 is 0.784. The van der Waals surface area contributed by atoms with Crippen molar-refractivity contribution in [1.82, 2.24) is 4.98 Å². The van der Waals surface area contributed by atoms with Crippen LogP contribution in [-0.2, 0) is 6.42 Å². The molecule has 1 amide bonds. The quantitative estimate of drug-likeness (QED) is 0.722. The molecule has 1 N–H and O–H groups in total. The first-order valence-corrected chi connectivity index (χ1v) is 8.05. The maximum atomic E-state index is 12.3. The van der Waals surface area contributed by atoms with Crippen molar-refractivity contribution in [2.75, 3.05) is 5.32 Å². The normalized spacial score (nSPS) is 9.88. The van der Waals surface area contributed by atoms with Gasteiger partial charge in [-0.3, -0.25) is 9.78 Å². The Kier molecular flexibility index (Phi) is 6.53. The number of pyridine rings is 1. The van der Waals surface area contributed by atoms with E-state index in [4.69, 9.17) is 0 Å². The molecule has 0 aliphatic rings. The van der Waals surface area contributed by atoms with Crippen LogP contribution in [0.5, 0.6) is 0 Å². The first-order chi connectivity index (χ1) is 11.2. The van der Waals surface area contributed by atoms with Crippen LogP contribution in [0.25, 0.3) is 0 Å². The third-order valence-corrected chi connectivity index (χ3v) is 4.18. The molecule has 1 aromatic heterocycles. The minimum Gasteiger partial charge on any atom is -1.00 e. The van der Waals surface area contributed by atoms with Crippen LogP contribution in [0.2, 0.25) is 0 Å². The first kappa shape index (κ1) is 18.2. The molecule has 24 heavy (non-hydrogen) atoms. The highest BCUT2D eigenvalue weighted by Crippen LogP contribution is 2.18. The molecule has 0 saturated heterocycles. The first-order valence-electron chi connectivity index (χ1n) is 7.26. The topological polar surface area (TPSA) is 42.0 Å². The lowest BCUT2D eigenvalue weighted by Crippen LogP contribution is -3.00. The third kappa shape index (κ3) is 4.66. The molecule has 0 radical (unpaired) electrons. The summed E-state index contributed by atoms with van der Waals surface area (Å²) in [6, 6.07) is 19.3. The summed E-state index contributed by atoms with van der Waals surface area (Å²) in [4.78, 5) is 16.3. The number of anilines is 1. The highest BCUT2D eigenvalue weighted by molar-refractivity contribution is 9.10. The molecule has 122 valence electrons. The summed E-state index contributed by atoms with van der Waals surface area (Å²) in [5, 5.41) is 2.91. The number of carbonyl (C=O) groups excluding carboxylic acids is 1. The Balaban J connectivity index is 0.00000208. The fourth-order valence-electron chi connectivity index (χ4n) is 2.29. The predicted molar refractivity (Wildman–Crippen MR) is 95.6 cm³/mol. The molecule has 1 heterocycles. The van der Waals surface area contributed by atoms with Gasteiger partial charge in [-0.05, 0) is 69.9 Å². The summed E-state index contributed by atoms with van der Waals surface area (Å²) in [6.45, 7) is 0. The van der Waals surface area contributed by atoms with E-state index in [9.17, 15) is 4.79 Å². The molecule has 2 aromatic carbocycles. The number of nitrogens with zero attached hydrogens (tertiary/aromatic N) is 1. The fourth-order valence-corrected chi connectivity index (χ4v) is 2.75. The molecule has 3 aromatic rings. The van der Waals surface area contributed by atoms with E-state index in [0.29, 0.717) is 5.56 Å². The molecular formula is C19H15BrClN2O-. The third-order valence-electron chi connectivity index (χ3n) is 3.49. The van der Waals surface area contributed by atoms with Gasteiger partial charge < -0.3 is 17.7 Å². The number of benzene rings is 2. The summed E-state index contributed by atoms with van der Waals surface area (Å²) >= 11 is 3.39. The number of hydrogen-bond acceptors (Lipinski definition) is 2. The van der Waals surface area contributed by atoms with Gasteiger partial charge in [0, 0.05) is 22.6 Å². The number of hydrogen-bond donors (Lipinski definition) is 1. The van der Waals surface area contributed by atoms with Gasteiger partial charge in [0.2, 0.25) is 0 Å². The lowest BCUT2D eigenvalue weighted by atomic mass is 10.1. The van der Waals surface area contributed by atoms with E-state index >= 15 is 0 Å². The molecule has 3 rings (SSSR count). The number of halogens is 2. The van der Waals surface area contributed by atoms with E-state index in [0.717, 1.165) is 16.6 Å². The van der Waals surface area contributed by atoms with Gasteiger partial charge >= 0.3 is 0 Å². The van der Waals surface area contributed by atoms with Crippen LogP contribution >= 0.6 is 15.9 Å². The molecule has 0 unspecified atom stereocenters. The van der Waals surface area contributed by atoms with Crippen molar-refractivity contribution in [2.45, 2.75) is 6.42 Å². The lowest BCUT2D eigenvalue weighted by molar-refractivity contribution is -0.0000121. The second-order valence-corrected chi connectivity index (χ2v) is 6.02. The molecule has 0 atom stereocenters. The molecule has 0 aliphatic heterocycles. The van der Waals surface area contributed by atoms with E-state index in [-0.39, 0.29) is 18.3 Å². The van der Waals surface area contributed by atoms with Crippen molar-refractivity contribution >= 4 is 27.5 Å². The van der Waals surface area contributed by atoms with Crippen molar-refractivity contribution in [1.29, 1.82) is 0 Å². The van der Waals surface area contributed by atoms with Gasteiger partial charge in [0.1, 0.15) is 0 Å². The van der Waals surface area contributed by atoms with Crippen LogP contribution in [0.3, 0.4) is 0 Å². The highest BCUT2D eigenvalue weighted by Gasteiger charge is 2.09. The van der Waals surface area contributed by atoms with Gasteiger partial charge in [0.05, 0.1) is 5.56 Å². The smallest absolute Gasteiger partial charge is 0.256 e. The number of aromatic nitrogens is 1. The van der Waals surface area contributed by atoms with Crippen molar-refractivity contribution in [2.24, 2.45) is 0 Å². The molecule has 0 saturated carbocycles. The molecular weight excluding hydrogens is 388 g/mol. The van der Waals surface area contributed by atoms with Crippen molar-refractivity contribution in [3.8, 4) is 0 Å². The molecule has 0 spiro atoms. The minimum atomic E-state index is -0.126. The van der Waals surface area contributed by atoms with Gasteiger partial charge in [0.25, 0.3) is 5.91 Å². The van der Waals surface area contributed by atoms with Gasteiger partial charge in [-0.1, -0.05) is 24.3 Å². The summed E-state index contributed by atoms with van der Waals surface area (Å²) in [5.74, 6) is -0.126. The second-order valence-electron chi connectivity index (χ2n) is 5.16. The van der Waals surface area contributed by atoms with Crippen molar-refractivity contribution < 1.29 is 17.2 Å². The van der Waals surface area contributed by atoms with Gasteiger partial charge in [0.15, 0.2) is 0 Å². The molecule has 3 nitrogen and oxygen atoms in total. The van der Waals surface area contributed by atoms with Crippen LogP contribution in [-0.4, -0.2) is 10.9 Å². The van der Waals surface area contributed by atoms with Gasteiger partial charge in [-0.15, -0.1) is 0 Å². The Morgan fingerprint density at radius 1 is 0.917 bits per heavy atom. The lowest BCUT2D eigenvalue weighted by Gasteiger charge is -2.08. The summed E-state index contributed by atoms with van der Waals surface area (Å²) in [5.41, 5.74) is 3.80. The van der Waals surface area contributed by atoms with E-state index < -0.39 is 0 Å². The van der Waals surface area contributed by atoms with Crippen molar-refractivity contribution in [3.63, 3.8) is 0 Å². The van der Waals surface area contributed by atoms with Crippen LogP contribution in [0.15, 0.2) is 77.5 Å². The zero-order valence-corrected chi connectivity index (χ0v) is 15.1. The zero-order valence-electron chi connectivity index (χ0n) is 12.7. The van der Waals surface area contributed by atoms with E-state index in [1.54, 1.807) is 18.5 Å². The number of nitrogens with one attached hydrogen (secondary N) is 1. The average molecular weight is 403 g/mol. The second kappa shape index (κ2) is 8.62. The highest BCUT2D eigenvalue weighted by atomic mass is 79.9. The minimum absolute atomic E-state index is 0. The molecule has 0 aliphatic carbocycles. The summed E-state index contributed by atoms with van der Waals surface area (Å²) in [6.07, 6.45) is 4.43. The predicted octanol–water partition coefficient (Wildman–Crippen LogP) is 1.69. The Labute approximate surface area is 155 Å². The number of amides is 1. The largest absolute Gasteiger partial charge is 1.00 e. The maximum Gasteiger partial charge on any atom is 0.256 e. The Morgan fingerprint density at radius 3 is 2.21 bits per heavy atom. The van der Waals surface area contributed by atoms with Crippen LogP contribution in [0.4, 0.5) is 5.69 Å². The van der Waals surface area contributed by atoms with Crippen LogP contribution < -0.4 is 17.7 Å². The maximum absolute atomic E-state index is 12.3. The van der Waals surface area contributed by atoms with Gasteiger partial charge in [-0.2, -0.15) is 0 Å². The molecule has 0 bridgehead atoms. The van der Waals surface area contributed by atoms with Crippen LogP contribution in [0, 0.1) is 0 Å². The summed E-state index contributed by atoms with van der Waals surface area (Å²) in [7, 11) is 0. The molecule has 0 fully saturated rings. The van der Waals surface area contributed by atoms with E-state index in [2.05, 4.69) is 26.2 Å². The van der Waals surface area contributed by atoms with E-state index in [1.807, 2.05) is 54.6 Å². The van der Waals surface area contributed by atoms with Gasteiger partial charge in [-0.25, -0.2) is 0 Å². The van der Waals surface area contributed by atoms with E-state index in [1.165, 1.54) is 11.1 Å². The number of carbonyl (C=O) groups is 1.